The molecule has 0 amide bonds. The van der Waals surface area contributed by atoms with Crippen molar-refractivity contribution < 1.29 is 9.47 Å². The van der Waals surface area contributed by atoms with Crippen LogP contribution in [-0.2, 0) is 13.2 Å². The molecule has 5 rings (SSSR count). The van der Waals surface area contributed by atoms with Gasteiger partial charge in [-0.15, -0.1) is 20.4 Å². The smallest absolute Gasteiger partial charge is 0.234 e. The van der Waals surface area contributed by atoms with E-state index < -0.39 is 0 Å². The Morgan fingerprint density at radius 3 is 1.68 bits per heavy atom. The van der Waals surface area contributed by atoms with E-state index in [1.165, 1.54) is 22.7 Å². The fourth-order valence-electron chi connectivity index (χ4n) is 2.40. The molecular weight excluding hydrogens is 447 g/mol. The molecule has 28 heavy (non-hydrogen) atoms. The van der Waals surface area contributed by atoms with Crippen LogP contribution in [0.3, 0.4) is 0 Å². The maximum Gasteiger partial charge on any atom is 0.234 e. The second-order valence-electron chi connectivity index (χ2n) is 5.39. The van der Waals surface area contributed by atoms with Crippen LogP contribution in [0.5, 0.6) is 11.5 Å². The van der Waals surface area contributed by atoms with E-state index in [9.17, 15) is 0 Å². The van der Waals surface area contributed by atoms with Gasteiger partial charge in [-0.25, -0.2) is 0 Å². The van der Waals surface area contributed by atoms with Crippen LogP contribution in [0.25, 0.3) is 9.92 Å². The first kappa shape index (κ1) is 17.6. The summed E-state index contributed by atoms with van der Waals surface area (Å²) in [6.07, 6.45) is 0. The summed E-state index contributed by atoms with van der Waals surface area (Å²) in [5.41, 5.74) is 3.36. The van der Waals surface area contributed by atoms with Crippen LogP contribution in [0.2, 0.25) is 10.0 Å². The Bertz CT molecular complexity index is 1180. The first-order chi connectivity index (χ1) is 13.7. The molecule has 5 aromatic rings. The number of aromatic nitrogens is 8. The van der Waals surface area contributed by atoms with Crippen LogP contribution < -0.4 is 9.47 Å². The fourth-order valence-corrected chi connectivity index (χ4v) is 3.97. The topological polar surface area (TPSA) is 105 Å². The van der Waals surface area contributed by atoms with Gasteiger partial charge in [0.2, 0.25) is 9.92 Å². The molecule has 0 radical (unpaired) electrons. The average molecular weight is 455 g/mol. The minimum Gasteiger partial charge on any atom is -0.484 e. The molecule has 0 saturated carbocycles. The third-order valence-electron chi connectivity index (χ3n) is 3.69. The van der Waals surface area contributed by atoms with Crippen molar-refractivity contribution in [3.8, 4) is 11.5 Å². The molecule has 0 atom stereocenters. The summed E-state index contributed by atoms with van der Waals surface area (Å²) in [5.74, 6) is 1.91. The van der Waals surface area contributed by atoms with E-state index in [-0.39, 0.29) is 13.2 Å². The Morgan fingerprint density at radius 2 is 1.21 bits per heavy atom. The molecule has 0 aliphatic carbocycles. The van der Waals surface area contributed by atoms with Gasteiger partial charge < -0.3 is 9.47 Å². The molecule has 14 heteroatoms. The predicted molar refractivity (Wildman–Crippen MR) is 102 cm³/mol. The summed E-state index contributed by atoms with van der Waals surface area (Å²) >= 11 is 15.4. The Kier molecular flexibility index (Phi) is 4.47. The van der Waals surface area contributed by atoms with Gasteiger partial charge in [0.1, 0.15) is 35.7 Å². The molecule has 1 aromatic carbocycles. The van der Waals surface area contributed by atoms with E-state index >= 15 is 0 Å². The lowest BCUT2D eigenvalue weighted by molar-refractivity contribution is 0.284. The highest BCUT2D eigenvalue weighted by atomic mass is 35.5. The molecule has 0 spiro atoms. The number of nitrogens with zero attached hydrogens (tertiary/aromatic N) is 8. The minimum atomic E-state index is 0.142. The maximum absolute atomic E-state index is 6.31. The van der Waals surface area contributed by atoms with E-state index in [1.807, 2.05) is 0 Å². The number of halogens is 2. The Morgan fingerprint density at radius 1 is 0.750 bits per heavy atom. The molecule has 10 nitrogen and oxygen atoms in total. The van der Waals surface area contributed by atoms with Crippen LogP contribution >= 0.6 is 45.9 Å². The molecule has 0 saturated heterocycles. The summed E-state index contributed by atoms with van der Waals surface area (Å²) in [4.78, 5) is 1.38. The Balaban J connectivity index is 1.30. The van der Waals surface area contributed by atoms with Crippen molar-refractivity contribution in [2.24, 2.45) is 0 Å². The number of hydrogen-bond donors (Lipinski definition) is 0. The lowest BCUT2D eigenvalue weighted by Gasteiger charge is -2.11. The van der Waals surface area contributed by atoms with Crippen LogP contribution in [0.15, 0.2) is 23.2 Å². The van der Waals surface area contributed by atoms with Crippen LogP contribution in [-0.4, -0.2) is 39.6 Å². The van der Waals surface area contributed by atoms with E-state index in [4.69, 9.17) is 32.7 Å². The normalized spacial score (nSPS) is 11.5. The van der Waals surface area contributed by atoms with Gasteiger partial charge in [-0.2, -0.15) is 19.2 Å². The number of rotatable bonds is 6. The lowest BCUT2D eigenvalue weighted by atomic mass is 10.3. The zero-order valence-electron chi connectivity index (χ0n) is 13.7. The van der Waals surface area contributed by atoms with Crippen molar-refractivity contribution in [3.05, 3.63) is 44.8 Å². The van der Waals surface area contributed by atoms with Gasteiger partial charge >= 0.3 is 0 Å². The lowest BCUT2D eigenvalue weighted by Crippen LogP contribution is -2.04. The molecular formula is C14H8Cl2N8O2S2. The van der Waals surface area contributed by atoms with Gasteiger partial charge in [0.05, 0.1) is 10.0 Å². The first-order valence-electron chi connectivity index (χ1n) is 7.71. The standard InChI is InChI=1S/C14H8Cl2N8O2S2/c15-7-1-9(25-3-11-19-21-13-23(11)17-5-27-13)8(16)2-10(7)26-4-12-20-22-14-24(12)18-6-28-14/h1-2,5-6H,3-4H2. The SMILES string of the molecule is Clc1cc(OCc2nnc3scnn23)c(Cl)cc1OCc1nnc2scnn12. The van der Waals surface area contributed by atoms with Crippen molar-refractivity contribution in [1.29, 1.82) is 0 Å². The van der Waals surface area contributed by atoms with Crippen LogP contribution in [0, 0.1) is 0 Å². The Hall–Kier alpha value is -2.54. The first-order valence-corrected chi connectivity index (χ1v) is 10.2. The molecule has 0 unspecified atom stereocenters. The molecule has 0 aliphatic rings. The molecule has 4 aromatic heterocycles. The van der Waals surface area contributed by atoms with Crippen molar-refractivity contribution in [2.45, 2.75) is 13.2 Å². The zero-order valence-corrected chi connectivity index (χ0v) is 16.8. The maximum atomic E-state index is 6.31. The second-order valence-corrected chi connectivity index (χ2v) is 7.83. The van der Waals surface area contributed by atoms with Gasteiger partial charge in [0, 0.05) is 12.1 Å². The van der Waals surface area contributed by atoms with Gasteiger partial charge in [-0.1, -0.05) is 45.9 Å². The monoisotopic (exact) mass is 454 g/mol. The van der Waals surface area contributed by atoms with Crippen molar-refractivity contribution in [2.75, 3.05) is 0 Å². The van der Waals surface area contributed by atoms with E-state index in [0.29, 0.717) is 43.1 Å². The van der Waals surface area contributed by atoms with E-state index in [1.54, 1.807) is 32.2 Å². The fraction of sp³-hybridized carbons (Fsp3) is 0.143. The average Bonchev–Trinajstić information content (AvgIpc) is 3.43. The second kappa shape index (κ2) is 7.13. The highest BCUT2D eigenvalue weighted by Crippen LogP contribution is 2.36. The third kappa shape index (κ3) is 3.13. The summed E-state index contributed by atoms with van der Waals surface area (Å²) in [6.45, 7) is 0.283. The van der Waals surface area contributed by atoms with Gasteiger partial charge in [-0.3, -0.25) is 0 Å². The highest BCUT2D eigenvalue weighted by molar-refractivity contribution is 7.15. The van der Waals surface area contributed by atoms with Gasteiger partial charge in [0.15, 0.2) is 11.6 Å². The third-order valence-corrected chi connectivity index (χ3v) is 5.62. The molecule has 142 valence electrons. The van der Waals surface area contributed by atoms with E-state index in [2.05, 4.69) is 30.6 Å². The molecule has 0 N–H and O–H groups in total. The van der Waals surface area contributed by atoms with Gasteiger partial charge in [-0.05, 0) is 0 Å². The largest absolute Gasteiger partial charge is 0.484 e. The van der Waals surface area contributed by atoms with Crippen LogP contribution in [0.1, 0.15) is 11.6 Å². The molecule has 0 fully saturated rings. The predicted octanol–water partition coefficient (Wildman–Crippen LogP) is 3.15. The zero-order chi connectivity index (χ0) is 19.1. The quantitative estimate of drug-likeness (QED) is 0.385. The minimum absolute atomic E-state index is 0.142. The summed E-state index contributed by atoms with van der Waals surface area (Å²) in [7, 11) is 0. The van der Waals surface area contributed by atoms with Crippen molar-refractivity contribution >= 4 is 55.8 Å². The number of hydrogen-bond acceptors (Lipinski definition) is 10. The molecule has 0 aliphatic heterocycles. The summed E-state index contributed by atoms with van der Waals surface area (Å²) < 4.78 is 14.7. The van der Waals surface area contributed by atoms with Crippen molar-refractivity contribution in [1.82, 2.24) is 39.6 Å². The molecule has 4 heterocycles. The highest BCUT2D eigenvalue weighted by Gasteiger charge is 2.14. The van der Waals surface area contributed by atoms with Crippen LogP contribution in [0.4, 0.5) is 0 Å². The number of ether oxygens (including phenoxy) is 2. The van der Waals surface area contributed by atoms with Gasteiger partial charge in [0.25, 0.3) is 0 Å². The number of benzene rings is 1. The van der Waals surface area contributed by atoms with Crippen molar-refractivity contribution in [3.63, 3.8) is 0 Å². The van der Waals surface area contributed by atoms with E-state index in [0.717, 1.165) is 0 Å². The molecule has 0 bridgehead atoms. The summed E-state index contributed by atoms with van der Waals surface area (Å²) in [5, 5.41) is 25.1. The summed E-state index contributed by atoms with van der Waals surface area (Å²) in [6, 6.07) is 3.17. The Labute approximate surface area is 174 Å². The number of fused-ring (bicyclic) bond motifs is 2.